The van der Waals surface area contributed by atoms with Crippen LogP contribution >= 0.6 is 11.8 Å². The Morgan fingerprint density at radius 2 is 2.11 bits per heavy atom. The van der Waals surface area contributed by atoms with Crippen LogP contribution in [0.1, 0.15) is 45.7 Å². The minimum Gasteiger partial charge on any atom is -0.496 e. The van der Waals surface area contributed by atoms with Gasteiger partial charge < -0.3 is 14.8 Å². The average molecular weight is 403 g/mol. The molecule has 0 saturated heterocycles. The van der Waals surface area contributed by atoms with Gasteiger partial charge in [0.2, 0.25) is 11.1 Å². The third kappa shape index (κ3) is 4.01. The molecule has 0 saturated carbocycles. The topological polar surface area (TPSA) is 78.3 Å². The van der Waals surface area contributed by atoms with Gasteiger partial charge in [-0.1, -0.05) is 36.9 Å². The van der Waals surface area contributed by atoms with E-state index in [0.717, 1.165) is 17.7 Å². The van der Waals surface area contributed by atoms with Crippen molar-refractivity contribution in [3.05, 3.63) is 41.1 Å². The molecule has 1 aromatic heterocycles. The van der Waals surface area contributed by atoms with Crippen LogP contribution in [0.15, 0.2) is 40.7 Å². The lowest BCUT2D eigenvalue weighted by Crippen LogP contribution is -2.30. The maximum Gasteiger partial charge on any atom is 0.338 e. The first kappa shape index (κ1) is 20.3. The summed E-state index contributed by atoms with van der Waals surface area (Å²) in [5.74, 6) is 1.84. The molecule has 0 radical (unpaired) electrons. The van der Waals surface area contributed by atoms with Crippen molar-refractivity contribution in [3.63, 3.8) is 0 Å². The monoisotopic (exact) mass is 402 g/mol. The molecule has 28 heavy (non-hydrogen) atoms. The van der Waals surface area contributed by atoms with Crippen LogP contribution in [0.2, 0.25) is 0 Å². The molecule has 0 amide bonds. The first-order valence-electron chi connectivity index (χ1n) is 9.37. The molecule has 1 atom stereocenters. The minimum absolute atomic E-state index is 0.223. The Labute approximate surface area is 169 Å². The molecule has 0 bridgehead atoms. The summed E-state index contributed by atoms with van der Waals surface area (Å²) in [6.45, 7) is 7.64. The van der Waals surface area contributed by atoms with Gasteiger partial charge in [-0.15, -0.1) is 5.10 Å². The lowest BCUT2D eigenvalue weighted by atomic mass is 9.95. The molecule has 1 aromatic carbocycles. The summed E-state index contributed by atoms with van der Waals surface area (Å²) >= 11 is 1.59. The Morgan fingerprint density at radius 1 is 1.36 bits per heavy atom. The second-order valence-corrected chi connectivity index (χ2v) is 7.84. The number of hydrogen-bond donors (Lipinski definition) is 1. The van der Waals surface area contributed by atoms with Crippen LogP contribution in [-0.4, -0.2) is 39.7 Å². The van der Waals surface area contributed by atoms with Gasteiger partial charge in [0.25, 0.3) is 0 Å². The molecule has 1 N–H and O–H groups in total. The molecule has 150 valence electrons. The summed E-state index contributed by atoms with van der Waals surface area (Å²) in [5, 5.41) is 8.56. The van der Waals surface area contributed by atoms with Gasteiger partial charge in [-0.2, -0.15) is 4.98 Å². The van der Waals surface area contributed by atoms with E-state index in [9.17, 15) is 4.79 Å². The Balaban J connectivity index is 2.13. The van der Waals surface area contributed by atoms with Gasteiger partial charge in [0.1, 0.15) is 11.8 Å². The smallest absolute Gasteiger partial charge is 0.338 e. The van der Waals surface area contributed by atoms with Crippen LogP contribution in [0.3, 0.4) is 0 Å². The van der Waals surface area contributed by atoms with Crippen molar-refractivity contribution >= 4 is 23.7 Å². The summed E-state index contributed by atoms with van der Waals surface area (Å²) in [5.41, 5.74) is 2.04. The number of nitrogens with one attached hydrogen (secondary N) is 1. The fourth-order valence-electron chi connectivity index (χ4n) is 3.11. The zero-order chi connectivity index (χ0) is 20.3. The Hall–Kier alpha value is -2.48. The third-order valence-electron chi connectivity index (χ3n) is 4.26. The molecule has 0 fully saturated rings. The average Bonchev–Trinajstić information content (AvgIpc) is 3.06. The van der Waals surface area contributed by atoms with Crippen molar-refractivity contribution in [1.29, 1.82) is 0 Å². The lowest BCUT2D eigenvalue weighted by molar-refractivity contribution is -0.143. The van der Waals surface area contributed by atoms with Gasteiger partial charge in [-0.3, -0.25) is 0 Å². The number of rotatable bonds is 7. The number of ether oxygens (including phenoxy) is 2. The molecule has 2 heterocycles. The number of nitrogens with zero attached hydrogens (tertiary/aromatic N) is 3. The molecule has 7 nitrogen and oxygen atoms in total. The zero-order valence-electron chi connectivity index (χ0n) is 16.9. The van der Waals surface area contributed by atoms with Crippen LogP contribution < -0.4 is 10.1 Å². The van der Waals surface area contributed by atoms with E-state index in [4.69, 9.17) is 9.47 Å². The highest BCUT2D eigenvalue weighted by Gasteiger charge is 2.37. The Bertz CT molecular complexity index is 891. The molecule has 1 aliphatic rings. The van der Waals surface area contributed by atoms with E-state index in [1.807, 2.05) is 45.0 Å². The molecular formula is C20H26N4O3S. The number of aromatic nitrogens is 3. The highest BCUT2D eigenvalue weighted by molar-refractivity contribution is 7.99. The van der Waals surface area contributed by atoms with Crippen LogP contribution in [0.4, 0.5) is 5.95 Å². The molecule has 8 heteroatoms. The third-order valence-corrected chi connectivity index (χ3v) is 5.31. The predicted octanol–water partition coefficient (Wildman–Crippen LogP) is 4.03. The second kappa shape index (κ2) is 8.68. The normalized spacial score (nSPS) is 16.0. The van der Waals surface area contributed by atoms with E-state index < -0.39 is 6.04 Å². The SMILES string of the molecule is CCCSc1nc2n(n1)C(c1ccccc1OC)C(C(=O)OC(C)C)=C(C)N2. The van der Waals surface area contributed by atoms with Crippen molar-refractivity contribution in [2.45, 2.75) is 51.4 Å². The highest BCUT2D eigenvalue weighted by Crippen LogP contribution is 2.40. The number of esters is 1. The van der Waals surface area contributed by atoms with Crippen molar-refractivity contribution in [2.75, 3.05) is 18.2 Å². The number of anilines is 1. The first-order chi connectivity index (χ1) is 13.5. The molecule has 1 unspecified atom stereocenters. The number of allylic oxidation sites excluding steroid dienone is 1. The van der Waals surface area contributed by atoms with Gasteiger partial charge in [0.15, 0.2) is 0 Å². The summed E-state index contributed by atoms with van der Waals surface area (Å²) in [6, 6.07) is 7.15. The highest BCUT2D eigenvalue weighted by atomic mass is 32.2. The maximum atomic E-state index is 13.0. The Kier molecular flexibility index (Phi) is 6.28. The Morgan fingerprint density at radius 3 is 2.79 bits per heavy atom. The summed E-state index contributed by atoms with van der Waals surface area (Å²) in [6.07, 6.45) is 0.806. The van der Waals surface area contributed by atoms with Gasteiger partial charge in [0, 0.05) is 17.0 Å². The minimum atomic E-state index is -0.484. The number of thioether (sulfide) groups is 1. The lowest BCUT2D eigenvalue weighted by Gasteiger charge is -2.29. The van der Waals surface area contributed by atoms with Crippen molar-refractivity contribution in [3.8, 4) is 5.75 Å². The van der Waals surface area contributed by atoms with Gasteiger partial charge >= 0.3 is 5.97 Å². The van der Waals surface area contributed by atoms with E-state index >= 15 is 0 Å². The van der Waals surface area contributed by atoms with E-state index in [1.165, 1.54) is 0 Å². The summed E-state index contributed by atoms with van der Waals surface area (Å²) in [7, 11) is 1.62. The quantitative estimate of drug-likeness (QED) is 0.553. The molecule has 2 aromatic rings. The number of benzene rings is 1. The number of hydrogen-bond acceptors (Lipinski definition) is 7. The fraction of sp³-hybridized carbons (Fsp3) is 0.450. The molecular weight excluding hydrogens is 376 g/mol. The number of fused-ring (bicyclic) bond motifs is 1. The molecule has 3 rings (SSSR count). The van der Waals surface area contributed by atoms with Crippen LogP contribution in [0, 0.1) is 0 Å². The van der Waals surface area contributed by atoms with Crippen LogP contribution in [0.25, 0.3) is 0 Å². The zero-order valence-corrected chi connectivity index (χ0v) is 17.7. The molecule has 0 aliphatic carbocycles. The standard InChI is InChI=1S/C20H26N4O3S/c1-6-11-28-20-22-19-21-13(4)16(18(25)27-12(2)3)17(24(19)23-20)14-9-7-8-10-15(14)26-5/h7-10,12,17H,6,11H2,1-5H3,(H,21,22,23). The van der Waals surface area contributed by atoms with E-state index in [1.54, 1.807) is 23.6 Å². The van der Waals surface area contributed by atoms with Gasteiger partial charge in [-0.05, 0) is 33.3 Å². The number of carbonyl (C=O) groups is 1. The molecule has 1 aliphatic heterocycles. The van der Waals surface area contributed by atoms with Gasteiger partial charge in [0.05, 0.1) is 18.8 Å². The largest absolute Gasteiger partial charge is 0.496 e. The maximum absolute atomic E-state index is 13.0. The van der Waals surface area contributed by atoms with Crippen molar-refractivity contribution in [1.82, 2.24) is 14.8 Å². The van der Waals surface area contributed by atoms with E-state index in [0.29, 0.717) is 28.1 Å². The summed E-state index contributed by atoms with van der Waals surface area (Å²) in [4.78, 5) is 17.6. The van der Waals surface area contributed by atoms with E-state index in [2.05, 4.69) is 22.3 Å². The first-order valence-corrected chi connectivity index (χ1v) is 10.4. The van der Waals surface area contributed by atoms with Crippen LogP contribution in [-0.2, 0) is 9.53 Å². The number of carbonyl (C=O) groups excluding carboxylic acids is 1. The van der Waals surface area contributed by atoms with E-state index in [-0.39, 0.29) is 12.1 Å². The van der Waals surface area contributed by atoms with Gasteiger partial charge in [-0.25, -0.2) is 9.48 Å². The summed E-state index contributed by atoms with van der Waals surface area (Å²) < 4.78 is 12.8. The number of para-hydroxylation sites is 1. The van der Waals surface area contributed by atoms with Crippen molar-refractivity contribution < 1.29 is 14.3 Å². The van der Waals surface area contributed by atoms with Crippen molar-refractivity contribution in [2.24, 2.45) is 0 Å². The predicted molar refractivity (Wildman–Crippen MR) is 110 cm³/mol. The number of methoxy groups -OCH3 is 1. The fourth-order valence-corrected chi connectivity index (χ4v) is 3.79. The molecule has 0 spiro atoms. The second-order valence-electron chi connectivity index (χ2n) is 6.77. The van der Waals surface area contributed by atoms with Crippen LogP contribution in [0.5, 0.6) is 5.75 Å².